The van der Waals surface area contributed by atoms with Gasteiger partial charge in [0, 0.05) is 39.7 Å². The van der Waals surface area contributed by atoms with Crippen molar-refractivity contribution in [2.24, 2.45) is 0 Å². The molecular weight excluding hydrogens is 757 g/mol. The molecule has 0 unspecified atom stereocenters. The minimum absolute atomic E-state index is 0.0830. The first-order valence-electron chi connectivity index (χ1n) is 17.7. The highest BCUT2D eigenvalue weighted by Crippen LogP contribution is 2.31. The van der Waals surface area contributed by atoms with E-state index in [1.807, 2.05) is 81.4 Å². The lowest BCUT2D eigenvalue weighted by Crippen LogP contribution is -2.17. The number of nitrogens with zero attached hydrogens (tertiary/aromatic N) is 6. The van der Waals surface area contributed by atoms with E-state index in [9.17, 15) is 22.8 Å². The summed E-state index contributed by atoms with van der Waals surface area (Å²) < 4.78 is 41.1. The van der Waals surface area contributed by atoms with Crippen molar-refractivity contribution in [1.82, 2.24) is 39.2 Å². The van der Waals surface area contributed by atoms with Crippen LogP contribution in [-0.2, 0) is 19.3 Å². The van der Waals surface area contributed by atoms with Gasteiger partial charge in [-0.3, -0.25) is 19.8 Å². The van der Waals surface area contributed by atoms with E-state index in [1.54, 1.807) is 0 Å². The van der Waals surface area contributed by atoms with Gasteiger partial charge in [0.2, 0.25) is 0 Å². The molecule has 57 heavy (non-hydrogen) atoms. The fourth-order valence-electron chi connectivity index (χ4n) is 5.94. The molecule has 4 N–H and O–H groups in total. The minimum atomic E-state index is -4.42. The Morgan fingerprint density at radius 1 is 0.632 bits per heavy atom. The molecule has 0 amide bonds. The Kier molecular flexibility index (Phi) is 10.7. The molecule has 4 aromatic heterocycles. The van der Waals surface area contributed by atoms with E-state index in [2.05, 4.69) is 47.7 Å². The van der Waals surface area contributed by atoms with Crippen molar-refractivity contribution in [3.05, 3.63) is 162 Å². The number of benzene rings is 4. The van der Waals surface area contributed by atoms with E-state index in [1.165, 1.54) is 44.4 Å². The number of H-pyrrole nitrogens is 2. The number of aryl methyl sites for hydroxylation is 4. The molecule has 290 valence electrons. The quantitative estimate of drug-likeness (QED) is 0.120. The maximum absolute atomic E-state index is 12.8. The molecule has 0 fully saturated rings. The average molecular weight is 793 g/mol. The number of hydrogen-bond donors (Lipinski definition) is 4. The second-order valence-electron chi connectivity index (χ2n) is 13.5. The number of aromatic nitrogens is 8. The predicted molar refractivity (Wildman–Crippen MR) is 215 cm³/mol. The maximum Gasteiger partial charge on any atom is 0.416 e. The van der Waals surface area contributed by atoms with Crippen molar-refractivity contribution in [1.29, 1.82) is 0 Å². The largest absolute Gasteiger partial charge is 0.416 e. The predicted octanol–water partition coefficient (Wildman–Crippen LogP) is 8.30. The summed E-state index contributed by atoms with van der Waals surface area (Å²) in [5, 5.41) is 12.8. The van der Waals surface area contributed by atoms with Crippen LogP contribution in [0.5, 0.6) is 0 Å². The first kappa shape index (κ1) is 38.5. The number of alkyl halides is 3. The Bertz CT molecular complexity index is 2880. The zero-order valence-corrected chi connectivity index (χ0v) is 31.9. The van der Waals surface area contributed by atoms with Gasteiger partial charge in [0.1, 0.15) is 0 Å². The van der Waals surface area contributed by atoms with Gasteiger partial charge >= 0.3 is 6.18 Å². The summed E-state index contributed by atoms with van der Waals surface area (Å²) in [7, 11) is 0. The van der Waals surface area contributed by atoms with Crippen molar-refractivity contribution in [2.75, 3.05) is 10.6 Å². The fraction of sp³-hybridized carbons (Fsp3) is 0.171. The summed E-state index contributed by atoms with van der Waals surface area (Å²) in [5.41, 5.74) is 7.10. The summed E-state index contributed by atoms with van der Waals surface area (Å²) in [6.07, 6.45) is -4.42. The van der Waals surface area contributed by atoms with E-state index < -0.39 is 11.7 Å². The first-order chi connectivity index (χ1) is 27.2. The van der Waals surface area contributed by atoms with Crippen LogP contribution in [-0.4, -0.2) is 39.2 Å². The van der Waals surface area contributed by atoms with Crippen LogP contribution in [0.2, 0.25) is 5.02 Å². The first-order valence-corrected chi connectivity index (χ1v) is 18.1. The highest BCUT2D eigenvalue weighted by molar-refractivity contribution is 6.30. The van der Waals surface area contributed by atoms with Gasteiger partial charge in [-0.1, -0.05) is 59.6 Å². The molecule has 0 radical (unpaired) electrons. The van der Waals surface area contributed by atoms with E-state index in [4.69, 9.17) is 11.6 Å². The molecule has 8 rings (SSSR count). The summed E-state index contributed by atoms with van der Waals surface area (Å²) in [6, 6.07) is 27.0. The second-order valence-corrected chi connectivity index (χ2v) is 13.9. The minimum Gasteiger partial charge on any atom is -0.379 e. The lowest BCUT2D eigenvalue weighted by molar-refractivity contribution is -0.137. The van der Waals surface area contributed by atoms with Crippen LogP contribution in [0.1, 0.15) is 39.2 Å². The van der Waals surface area contributed by atoms with Crippen LogP contribution in [0.25, 0.3) is 34.3 Å². The highest BCUT2D eigenvalue weighted by Gasteiger charge is 2.30. The van der Waals surface area contributed by atoms with Gasteiger partial charge in [0.05, 0.1) is 30.0 Å². The molecule has 8 aromatic rings. The van der Waals surface area contributed by atoms with Gasteiger partial charge in [-0.15, -0.1) is 0 Å². The lowest BCUT2D eigenvalue weighted by atomic mass is 10.1. The molecule has 0 saturated carbocycles. The number of hydrogen-bond acceptors (Lipinski definition) is 8. The summed E-state index contributed by atoms with van der Waals surface area (Å²) in [5.74, 6) is 1.65. The van der Waals surface area contributed by atoms with Crippen molar-refractivity contribution in [3.8, 4) is 22.8 Å². The van der Waals surface area contributed by atoms with Gasteiger partial charge in [-0.05, 0) is 86.8 Å². The van der Waals surface area contributed by atoms with E-state index in [0.29, 0.717) is 40.4 Å². The van der Waals surface area contributed by atoms with Gasteiger partial charge < -0.3 is 10.6 Å². The summed E-state index contributed by atoms with van der Waals surface area (Å²) in [6.45, 7) is 8.54. The lowest BCUT2D eigenvalue weighted by Gasteiger charge is -2.10. The Morgan fingerprint density at radius 3 is 1.84 bits per heavy atom. The normalized spacial score (nSPS) is 11.4. The number of halogens is 4. The monoisotopic (exact) mass is 792 g/mol. The third-order valence-electron chi connectivity index (χ3n) is 9.16. The third kappa shape index (κ3) is 8.89. The Hall–Kier alpha value is -6.74. The summed E-state index contributed by atoms with van der Waals surface area (Å²) in [4.78, 5) is 42.6. The van der Waals surface area contributed by atoms with Crippen LogP contribution >= 0.6 is 11.6 Å². The topological polar surface area (TPSA) is 150 Å². The van der Waals surface area contributed by atoms with Crippen LogP contribution in [0.4, 0.5) is 24.5 Å². The Labute approximate surface area is 328 Å². The SMILES string of the molecule is Cc1ccc(-c2nc3nc(CNc4cc(Cl)ccc4C)cc(=O)n3[nH]2)cc1C.Cc1cccc(-c2nc3nc(CNc4cccc(C(F)(F)F)c4)cc(=O)n3[nH]2)c1. The molecule has 0 bridgehead atoms. The number of nitrogens with one attached hydrogen (secondary N) is 4. The average Bonchev–Trinajstić information content (AvgIpc) is 3.82. The molecule has 4 heterocycles. The number of fused-ring (bicyclic) bond motifs is 2. The second kappa shape index (κ2) is 15.8. The zero-order chi connectivity index (χ0) is 40.4. The molecule has 0 spiro atoms. The highest BCUT2D eigenvalue weighted by atomic mass is 35.5. The van der Waals surface area contributed by atoms with Crippen molar-refractivity contribution in [3.63, 3.8) is 0 Å². The molecule has 12 nitrogen and oxygen atoms in total. The van der Waals surface area contributed by atoms with Crippen molar-refractivity contribution >= 4 is 34.5 Å². The molecule has 0 aliphatic rings. The molecular formula is C41H36ClF3N10O2. The van der Waals surface area contributed by atoms with E-state index >= 15 is 0 Å². The molecule has 16 heteroatoms. The maximum atomic E-state index is 12.8. The van der Waals surface area contributed by atoms with Crippen LogP contribution < -0.4 is 21.8 Å². The smallest absolute Gasteiger partial charge is 0.379 e. The van der Waals surface area contributed by atoms with Gasteiger partial charge in [-0.25, -0.2) is 9.97 Å². The van der Waals surface area contributed by atoms with Crippen LogP contribution in [0.3, 0.4) is 0 Å². The van der Waals surface area contributed by atoms with Crippen molar-refractivity contribution < 1.29 is 13.2 Å². The van der Waals surface area contributed by atoms with Crippen LogP contribution in [0, 0.1) is 27.7 Å². The van der Waals surface area contributed by atoms with Gasteiger partial charge in [0.25, 0.3) is 22.7 Å². The van der Waals surface area contributed by atoms with E-state index in [0.717, 1.165) is 40.1 Å². The number of rotatable bonds is 8. The van der Waals surface area contributed by atoms with Gasteiger partial charge in [0.15, 0.2) is 11.6 Å². The Morgan fingerprint density at radius 2 is 1.23 bits per heavy atom. The standard InChI is InChI=1S/C21H20ClN5O.C20H16F3N5O/c1-12-4-6-15(8-14(12)3)20-25-21-24-17(10-19(28)27(21)26-20)11-23-18-9-16(22)7-5-13(18)2;1-12-4-2-5-13(8-12)18-26-19-25-16(10-17(29)28(19)27-18)11-24-15-7-3-6-14(9-15)20(21,22)23/h4-10,23H,11H2,1-3H3,(H,24,25,26);2-10,24H,11H2,1H3,(H,25,26,27). The van der Waals surface area contributed by atoms with Crippen LogP contribution in [0.15, 0.2) is 107 Å². The van der Waals surface area contributed by atoms with E-state index in [-0.39, 0.29) is 29.1 Å². The molecule has 0 aliphatic carbocycles. The summed E-state index contributed by atoms with van der Waals surface area (Å²) >= 11 is 6.06. The Balaban J connectivity index is 0.000000174. The number of aromatic amines is 2. The molecule has 4 aromatic carbocycles. The zero-order valence-electron chi connectivity index (χ0n) is 31.2. The molecule has 0 aliphatic heterocycles. The molecule has 0 atom stereocenters. The number of anilines is 2. The third-order valence-corrected chi connectivity index (χ3v) is 9.40. The molecule has 0 saturated heterocycles. The fourth-order valence-corrected chi connectivity index (χ4v) is 6.12. The van der Waals surface area contributed by atoms with Crippen molar-refractivity contribution in [2.45, 2.75) is 47.0 Å². The van der Waals surface area contributed by atoms with Gasteiger partial charge in [-0.2, -0.15) is 32.2 Å².